The average Bonchev–Trinajstić information content (AvgIpc) is 2.90. The van der Waals surface area contributed by atoms with Crippen LogP contribution in [0.2, 0.25) is 0 Å². The molecule has 0 radical (unpaired) electrons. The third-order valence-corrected chi connectivity index (χ3v) is 10.3. The van der Waals surface area contributed by atoms with E-state index in [1.807, 2.05) is 6.92 Å². The zero-order valence-corrected chi connectivity index (χ0v) is 23.1. The lowest BCUT2D eigenvalue weighted by atomic mass is 9.36. The van der Waals surface area contributed by atoms with Gasteiger partial charge in [0.1, 0.15) is 24.1 Å². The lowest BCUT2D eigenvalue weighted by molar-refractivity contribution is -0.410. The van der Waals surface area contributed by atoms with Crippen LogP contribution in [0.5, 0.6) is 0 Å². The molecule has 38 heavy (non-hydrogen) atoms. The molecule has 2 spiro atoms. The molecule has 0 aromatic carbocycles. The number of ether oxygens (including phenoxy) is 5. The summed E-state index contributed by atoms with van der Waals surface area (Å²) in [6, 6.07) is 0. The Morgan fingerprint density at radius 1 is 0.868 bits per heavy atom. The van der Waals surface area contributed by atoms with Gasteiger partial charge in [0.05, 0.1) is 16.9 Å². The molecular weight excluding hydrogens is 496 g/mol. The Labute approximate surface area is 222 Å². The number of Topliss-reactive ketones (excluding diaryl/α,β-unsaturated/α-hetero) is 1. The minimum absolute atomic E-state index is 0.109. The Kier molecular flexibility index (Phi) is 6.25. The van der Waals surface area contributed by atoms with Crippen LogP contribution in [-0.4, -0.2) is 60.4 Å². The second kappa shape index (κ2) is 8.76. The van der Waals surface area contributed by atoms with Crippen LogP contribution in [0, 0.1) is 39.9 Å². The van der Waals surface area contributed by atoms with Crippen molar-refractivity contribution >= 4 is 29.7 Å². The second-order valence-corrected chi connectivity index (χ2v) is 12.6. The van der Waals surface area contributed by atoms with Crippen LogP contribution in [0.1, 0.15) is 74.1 Å². The van der Waals surface area contributed by atoms with Crippen molar-refractivity contribution in [2.75, 3.05) is 0 Å². The molecule has 6 aliphatic rings. The van der Waals surface area contributed by atoms with Crippen LogP contribution in [0.15, 0.2) is 0 Å². The number of ketones is 1. The number of carbonyl (C=O) groups excluding carboxylic acids is 5. The van der Waals surface area contributed by atoms with Crippen LogP contribution in [0.3, 0.4) is 0 Å². The molecule has 6 fully saturated rings. The van der Waals surface area contributed by atoms with Crippen molar-refractivity contribution in [2.24, 2.45) is 39.9 Å². The summed E-state index contributed by atoms with van der Waals surface area (Å²) in [5.41, 5.74) is -2.86. The fourth-order valence-corrected chi connectivity index (χ4v) is 9.40. The van der Waals surface area contributed by atoms with Gasteiger partial charge in [-0.15, -0.1) is 0 Å². The van der Waals surface area contributed by atoms with Crippen molar-refractivity contribution in [3.63, 3.8) is 0 Å². The molecule has 4 bridgehead atoms. The van der Waals surface area contributed by atoms with E-state index in [-0.39, 0.29) is 29.5 Å². The minimum Gasteiger partial charge on any atom is -0.462 e. The van der Waals surface area contributed by atoms with Gasteiger partial charge in [0.2, 0.25) is 6.29 Å². The van der Waals surface area contributed by atoms with Crippen LogP contribution in [0.4, 0.5) is 0 Å². The smallest absolute Gasteiger partial charge is 0.304 e. The summed E-state index contributed by atoms with van der Waals surface area (Å²) < 4.78 is 30.3. The van der Waals surface area contributed by atoms with E-state index in [4.69, 9.17) is 23.7 Å². The number of esters is 4. The van der Waals surface area contributed by atoms with Crippen LogP contribution in [0.25, 0.3) is 0 Å². The first kappa shape index (κ1) is 27.1. The number of fused-ring (bicyclic) bond motifs is 2. The Hall–Kier alpha value is -2.49. The first-order valence-electron chi connectivity index (χ1n) is 13.6. The van der Waals surface area contributed by atoms with Gasteiger partial charge in [-0.25, -0.2) is 0 Å². The van der Waals surface area contributed by atoms with Crippen molar-refractivity contribution in [1.29, 1.82) is 0 Å². The number of carbonyl (C=O) groups is 5. The van der Waals surface area contributed by atoms with E-state index in [0.29, 0.717) is 12.8 Å². The van der Waals surface area contributed by atoms with E-state index in [2.05, 4.69) is 13.8 Å². The number of rotatable bonds is 4. The highest BCUT2D eigenvalue weighted by molar-refractivity contribution is 5.93. The predicted molar refractivity (Wildman–Crippen MR) is 129 cm³/mol. The van der Waals surface area contributed by atoms with Gasteiger partial charge in [-0.2, -0.15) is 0 Å². The minimum atomic E-state index is -1.34. The van der Waals surface area contributed by atoms with Gasteiger partial charge in [0.25, 0.3) is 0 Å². The van der Waals surface area contributed by atoms with Gasteiger partial charge in [-0.1, -0.05) is 20.8 Å². The molecule has 0 N–H and O–H groups in total. The Balaban J connectivity index is 1.83. The molecule has 0 aromatic heterocycles. The van der Waals surface area contributed by atoms with Gasteiger partial charge in [-0.3, -0.25) is 24.0 Å². The molecule has 10 heteroatoms. The highest BCUT2D eigenvalue weighted by atomic mass is 16.7. The third-order valence-electron chi connectivity index (χ3n) is 10.3. The lowest BCUT2D eigenvalue weighted by Gasteiger charge is -2.73. The molecule has 2 saturated heterocycles. The fraction of sp³-hybridized carbons (Fsp3) is 0.821. The van der Waals surface area contributed by atoms with Gasteiger partial charge < -0.3 is 23.7 Å². The maximum Gasteiger partial charge on any atom is 0.304 e. The first-order valence-corrected chi connectivity index (χ1v) is 13.6. The highest BCUT2D eigenvalue weighted by Crippen LogP contribution is 2.76. The first-order chi connectivity index (χ1) is 17.7. The van der Waals surface area contributed by atoms with E-state index in [1.54, 1.807) is 0 Å². The summed E-state index contributed by atoms with van der Waals surface area (Å²) in [6.45, 7) is 11.3. The maximum atomic E-state index is 14.4. The molecule has 10 nitrogen and oxygen atoms in total. The van der Waals surface area contributed by atoms with Crippen molar-refractivity contribution in [3.8, 4) is 0 Å². The summed E-state index contributed by atoms with van der Waals surface area (Å²) >= 11 is 0. The van der Waals surface area contributed by atoms with Gasteiger partial charge >= 0.3 is 23.9 Å². The van der Waals surface area contributed by atoms with Gasteiger partial charge in [-0.05, 0) is 37.0 Å². The molecule has 2 aliphatic heterocycles. The summed E-state index contributed by atoms with van der Waals surface area (Å²) in [5.74, 6) is -4.03. The molecule has 0 aromatic rings. The molecule has 2 heterocycles. The number of hydrogen-bond acceptors (Lipinski definition) is 10. The standard InChI is InChI=1S/C28H38O10/c1-12-17-10-18(34-13(2)29)22-27-19(26(6,7)9-8-20(27)35-14(3)30)11-21(38-25(27)37-16(5)32)28(22,23(12)33)24(17)36-15(4)31/h12,17-22,24-25H,8-11H2,1-7H3/t12-,17+,18+,19-,20-,21+,22+,24?,25-,27-,28?/m1/s1. The molecule has 2 unspecified atom stereocenters. The van der Waals surface area contributed by atoms with E-state index in [9.17, 15) is 24.0 Å². The monoisotopic (exact) mass is 534 g/mol. The Bertz CT molecular complexity index is 1060. The maximum absolute atomic E-state index is 14.4. The highest BCUT2D eigenvalue weighted by Gasteiger charge is 2.86. The molecule has 6 rings (SSSR count). The predicted octanol–water partition coefficient (Wildman–Crippen LogP) is 2.74. The van der Waals surface area contributed by atoms with E-state index >= 15 is 0 Å². The SMILES string of the molecule is CC(=O)OC1[C@H]2C[C@H](OC(C)=O)[C@@H]3C1(C(=O)[C@@H]2C)[C@@H]1C[C@@H]2C(C)(C)CC[C@@H](OC(C)=O)[C@]23[C@H](OC(C)=O)O1. The molecule has 0 amide bonds. The van der Waals surface area contributed by atoms with Crippen molar-refractivity contribution in [2.45, 2.75) is 105 Å². The van der Waals surface area contributed by atoms with Gasteiger partial charge in [0.15, 0.2) is 0 Å². The van der Waals surface area contributed by atoms with Crippen molar-refractivity contribution in [3.05, 3.63) is 0 Å². The normalized spacial score (nSPS) is 45.9. The molecular formula is C28H38O10. The summed E-state index contributed by atoms with van der Waals surface area (Å²) in [5, 5.41) is 0. The van der Waals surface area contributed by atoms with E-state index in [0.717, 1.165) is 6.42 Å². The largest absolute Gasteiger partial charge is 0.462 e. The van der Waals surface area contributed by atoms with Gasteiger partial charge in [0, 0.05) is 45.4 Å². The molecule has 210 valence electrons. The summed E-state index contributed by atoms with van der Waals surface area (Å²) in [7, 11) is 0. The summed E-state index contributed by atoms with van der Waals surface area (Å²) in [4.78, 5) is 64.1. The zero-order chi connectivity index (χ0) is 27.9. The third kappa shape index (κ3) is 3.44. The number of hydrogen-bond donors (Lipinski definition) is 0. The molecule has 11 atom stereocenters. The van der Waals surface area contributed by atoms with Crippen LogP contribution in [-0.2, 0) is 47.7 Å². The van der Waals surface area contributed by atoms with Crippen molar-refractivity contribution < 1.29 is 47.7 Å². The molecule has 4 aliphatic carbocycles. The van der Waals surface area contributed by atoms with E-state index in [1.165, 1.54) is 27.7 Å². The average molecular weight is 535 g/mol. The molecule has 4 saturated carbocycles. The van der Waals surface area contributed by atoms with E-state index < -0.39 is 77.2 Å². The second-order valence-electron chi connectivity index (χ2n) is 12.6. The topological polar surface area (TPSA) is 132 Å². The Morgan fingerprint density at radius 2 is 1.47 bits per heavy atom. The summed E-state index contributed by atoms with van der Waals surface area (Å²) in [6.07, 6.45) is -2.33. The zero-order valence-electron chi connectivity index (χ0n) is 23.1. The van der Waals surface area contributed by atoms with Crippen LogP contribution < -0.4 is 0 Å². The lowest BCUT2D eigenvalue weighted by Crippen LogP contribution is -2.81. The van der Waals surface area contributed by atoms with Crippen molar-refractivity contribution in [1.82, 2.24) is 0 Å². The fourth-order valence-electron chi connectivity index (χ4n) is 9.40. The van der Waals surface area contributed by atoms with Crippen LogP contribution >= 0.6 is 0 Å². The quantitative estimate of drug-likeness (QED) is 0.392. The Morgan fingerprint density at radius 3 is 2.05 bits per heavy atom.